The number of thiophene rings is 1. The highest BCUT2D eigenvalue weighted by atomic mass is 35.5. The lowest BCUT2D eigenvalue weighted by atomic mass is 9.99. The molecule has 2 nitrogen and oxygen atoms in total. The summed E-state index contributed by atoms with van der Waals surface area (Å²) in [5, 5.41) is 6.51. The van der Waals surface area contributed by atoms with E-state index < -0.39 is 0 Å². The van der Waals surface area contributed by atoms with E-state index >= 15 is 0 Å². The zero-order valence-corrected chi connectivity index (χ0v) is 12.7. The third-order valence-electron chi connectivity index (χ3n) is 3.33. The molecular formula is C16H16ClNOS. The van der Waals surface area contributed by atoms with Crippen LogP contribution >= 0.6 is 23.7 Å². The molecule has 1 heterocycles. The Bertz CT molecular complexity index is 697. The molecule has 20 heavy (non-hydrogen) atoms. The van der Waals surface area contributed by atoms with Crippen LogP contribution in [0.1, 0.15) is 17.2 Å². The van der Waals surface area contributed by atoms with Gasteiger partial charge in [-0.05, 0) is 56.9 Å². The van der Waals surface area contributed by atoms with Crippen LogP contribution in [0.5, 0.6) is 5.75 Å². The molecule has 0 aliphatic rings. The van der Waals surface area contributed by atoms with Gasteiger partial charge in [-0.25, -0.2) is 0 Å². The second-order valence-corrected chi connectivity index (χ2v) is 5.29. The van der Waals surface area contributed by atoms with Gasteiger partial charge in [0.05, 0.1) is 13.2 Å². The largest absolute Gasteiger partial charge is 0.497 e. The maximum atomic E-state index is 6.29. The average Bonchev–Trinajstić information content (AvgIpc) is 2.99. The Labute approximate surface area is 128 Å². The van der Waals surface area contributed by atoms with Gasteiger partial charge in [0.15, 0.2) is 0 Å². The van der Waals surface area contributed by atoms with Crippen molar-refractivity contribution in [3.8, 4) is 5.75 Å². The van der Waals surface area contributed by atoms with Crippen LogP contribution in [-0.4, -0.2) is 7.11 Å². The second kappa shape index (κ2) is 6.27. The maximum Gasteiger partial charge on any atom is 0.119 e. The van der Waals surface area contributed by atoms with Crippen LogP contribution in [0.25, 0.3) is 10.8 Å². The molecule has 1 atom stereocenters. The standard InChI is InChI=1S/C16H15NOS.ClH/c1-18-15-5-4-11-8-13(3-2-12(11)9-15)16(17)14-6-7-19-10-14;/h2-10,16H,17H2,1H3;1H/t16-;/m0./s1. The summed E-state index contributed by atoms with van der Waals surface area (Å²) in [7, 11) is 1.68. The molecule has 3 rings (SSSR count). The molecule has 0 aliphatic heterocycles. The highest BCUT2D eigenvalue weighted by Crippen LogP contribution is 2.27. The summed E-state index contributed by atoms with van der Waals surface area (Å²) >= 11 is 1.67. The molecule has 0 bridgehead atoms. The SMILES string of the molecule is COc1ccc2cc([C@H](N)c3ccsc3)ccc2c1.Cl. The fourth-order valence-corrected chi connectivity index (χ4v) is 2.90. The van der Waals surface area contributed by atoms with Crippen LogP contribution in [-0.2, 0) is 0 Å². The summed E-state index contributed by atoms with van der Waals surface area (Å²) in [6.45, 7) is 0. The van der Waals surface area contributed by atoms with Crippen molar-refractivity contribution in [3.05, 3.63) is 64.4 Å². The van der Waals surface area contributed by atoms with E-state index in [1.165, 1.54) is 10.8 Å². The van der Waals surface area contributed by atoms with Crippen LogP contribution in [0.3, 0.4) is 0 Å². The molecule has 2 N–H and O–H groups in total. The van der Waals surface area contributed by atoms with Gasteiger partial charge >= 0.3 is 0 Å². The van der Waals surface area contributed by atoms with Crippen molar-refractivity contribution in [1.29, 1.82) is 0 Å². The number of benzene rings is 2. The van der Waals surface area contributed by atoms with Crippen LogP contribution in [0.15, 0.2) is 53.2 Å². The zero-order chi connectivity index (χ0) is 13.2. The summed E-state index contributed by atoms with van der Waals surface area (Å²) in [5.41, 5.74) is 8.59. The summed E-state index contributed by atoms with van der Waals surface area (Å²) in [6.07, 6.45) is 0. The lowest BCUT2D eigenvalue weighted by molar-refractivity contribution is 0.415. The van der Waals surface area contributed by atoms with Crippen molar-refractivity contribution < 1.29 is 4.74 Å². The summed E-state index contributed by atoms with van der Waals surface area (Å²) < 4.78 is 5.24. The Morgan fingerprint density at radius 3 is 2.45 bits per heavy atom. The molecule has 4 heteroatoms. The predicted octanol–water partition coefficient (Wildman–Crippen LogP) is 4.38. The van der Waals surface area contributed by atoms with Crippen LogP contribution in [0.2, 0.25) is 0 Å². The quantitative estimate of drug-likeness (QED) is 0.779. The number of nitrogens with two attached hydrogens (primary N) is 1. The van der Waals surface area contributed by atoms with E-state index in [-0.39, 0.29) is 18.4 Å². The number of methoxy groups -OCH3 is 1. The highest BCUT2D eigenvalue weighted by molar-refractivity contribution is 7.08. The van der Waals surface area contributed by atoms with Gasteiger partial charge in [-0.2, -0.15) is 11.3 Å². The zero-order valence-electron chi connectivity index (χ0n) is 11.1. The monoisotopic (exact) mass is 305 g/mol. The van der Waals surface area contributed by atoms with Crippen molar-refractivity contribution in [2.24, 2.45) is 5.73 Å². The molecule has 2 aromatic carbocycles. The van der Waals surface area contributed by atoms with Crippen molar-refractivity contribution >= 4 is 34.5 Å². The molecule has 0 radical (unpaired) electrons. The van der Waals surface area contributed by atoms with Crippen molar-refractivity contribution in [2.75, 3.05) is 7.11 Å². The minimum atomic E-state index is -0.0576. The predicted molar refractivity (Wildman–Crippen MR) is 88.1 cm³/mol. The summed E-state index contributed by atoms with van der Waals surface area (Å²) in [6, 6.07) is 14.4. The third kappa shape index (κ3) is 2.80. The highest BCUT2D eigenvalue weighted by Gasteiger charge is 2.09. The van der Waals surface area contributed by atoms with E-state index in [0.717, 1.165) is 16.9 Å². The summed E-state index contributed by atoms with van der Waals surface area (Å²) in [5.74, 6) is 0.877. The van der Waals surface area contributed by atoms with E-state index in [2.05, 4.69) is 41.1 Å². The van der Waals surface area contributed by atoms with Crippen molar-refractivity contribution in [3.63, 3.8) is 0 Å². The number of ether oxygens (including phenoxy) is 1. The van der Waals surface area contributed by atoms with Gasteiger partial charge < -0.3 is 10.5 Å². The first-order chi connectivity index (χ1) is 9.28. The van der Waals surface area contributed by atoms with Crippen LogP contribution in [0, 0.1) is 0 Å². The van der Waals surface area contributed by atoms with E-state index in [1.54, 1.807) is 18.4 Å². The Morgan fingerprint density at radius 1 is 1.00 bits per heavy atom. The smallest absolute Gasteiger partial charge is 0.119 e. The lowest BCUT2D eigenvalue weighted by Crippen LogP contribution is -2.10. The van der Waals surface area contributed by atoms with Crippen LogP contribution in [0.4, 0.5) is 0 Å². The molecule has 0 amide bonds. The molecule has 0 spiro atoms. The second-order valence-electron chi connectivity index (χ2n) is 4.51. The molecular weight excluding hydrogens is 290 g/mol. The van der Waals surface area contributed by atoms with Gasteiger partial charge in [0, 0.05) is 0 Å². The van der Waals surface area contributed by atoms with Gasteiger partial charge in [0.2, 0.25) is 0 Å². The van der Waals surface area contributed by atoms with Crippen molar-refractivity contribution in [2.45, 2.75) is 6.04 Å². The molecule has 104 valence electrons. The Morgan fingerprint density at radius 2 is 1.75 bits per heavy atom. The first-order valence-corrected chi connectivity index (χ1v) is 7.07. The first-order valence-electron chi connectivity index (χ1n) is 6.13. The Hall–Kier alpha value is -1.55. The number of rotatable bonds is 3. The average molecular weight is 306 g/mol. The van der Waals surface area contributed by atoms with E-state index in [9.17, 15) is 0 Å². The number of hydrogen-bond donors (Lipinski definition) is 1. The fourth-order valence-electron chi connectivity index (χ4n) is 2.21. The lowest BCUT2D eigenvalue weighted by Gasteiger charge is -2.12. The Kier molecular flexibility index (Phi) is 4.65. The molecule has 1 aromatic heterocycles. The molecule has 0 saturated heterocycles. The molecule has 0 fully saturated rings. The van der Waals surface area contributed by atoms with E-state index in [0.29, 0.717) is 0 Å². The topological polar surface area (TPSA) is 35.2 Å². The van der Waals surface area contributed by atoms with Crippen LogP contribution < -0.4 is 10.5 Å². The molecule has 0 saturated carbocycles. The fraction of sp³-hybridized carbons (Fsp3) is 0.125. The van der Waals surface area contributed by atoms with Gasteiger partial charge in [-0.1, -0.05) is 18.2 Å². The molecule has 0 aliphatic carbocycles. The van der Waals surface area contributed by atoms with E-state index in [4.69, 9.17) is 10.5 Å². The molecule has 0 unspecified atom stereocenters. The maximum absolute atomic E-state index is 6.29. The normalized spacial score (nSPS) is 11.9. The minimum absolute atomic E-state index is 0. The third-order valence-corrected chi connectivity index (χ3v) is 4.03. The Balaban J connectivity index is 0.00000147. The molecule has 3 aromatic rings. The van der Waals surface area contributed by atoms with Gasteiger partial charge in [0.25, 0.3) is 0 Å². The number of halogens is 1. The first kappa shape index (κ1) is 14.9. The number of fused-ring (bicyclic) bond motifs is 1. The van der Waals surface area contributed by atoms with Gasteiger partial charge in [-0.3, -0.25) is 0 Å². The van der Waals surface area contributed by atoms with Crippen molar-refractivity contribution in [1.82, 2.24) is 0 Å². The van der Waals surface area contributed by atoms with E-state index in [1.807, 2.05) is 12.1 Å². The minimum Gasteiger partial charge on any atom is -0.497 e. The van der Waals surface area contributed by atoms with Gasteiger partial charge in [-0.15, -0.1) is 12.4 Å². The van der Waals surface area contributed by atoms with Gasteiger partial charge in [0.1, 0.15) is 5.75 Å². The summed E-state index contributed by atoms with van der Waals surface area (Å²) in [4.78, 5) is 0. The number of hydrogen-bond acceptors (Lipinski definition) is 3.